The molecule has 0 unspecified atom stereocenters. The van der Waals surface area contributed by atoms with Gasteiger partial charge in [0.1, 0.15) is 0 Å². The zero-order valence-electron chi connectivity index (χ0n) is 4.84. The van der Waals surface area contributed by atoms with E-state index in [0.29, 0.717) is 5.88 Å². The van der Waals surface area contributed by atoms with Crippen LogP contribution >= 0.6 is 11.6 Å². The van der Waals surface area contributed by atoms with E-state index in [1.165, 1.54) is 0 Å². The first-order valence-corrected chi connectivity index (χ1v) is 3.18. The fraction of sp³-hybridized carbons (Fsp3) is 0.143. The molecule has 46 valence electrons. The Balaban J connectivity index is 2.84. The van der Waals surface area contributed by atoms with E-state index in [-0.39, 0.29) is 0 Å². The lowest BCUT2D eigenvalue weighted by molar-refractivity contribution is 1.58. The van der Waals surface area contributed by atoms with Crippen LogP contribution in [0.15, 0.2) is 35.0 Å². The van der Waals surface area contributed by atoms with Gasteiger partial charge >= 0.3 is 0 Å². The van der Waals surface area contributed by atoms with Crippen LogP contribution in [0.4, 0.5) is 0 Å². The van der Waals surface area contributed by atoms with Gasteiger partial charge in [0.15, 0.2) is 0 Å². The Morgan fingerprint density at radius 2 is 2.44 bits per heavy atom. The van der Waals surface area contributed by atoms with Crippen LogP contribution in [0.5, 0.6) is 0 Å². The molecule has 0 radical (unpaired) electrons. The highest BCUT2D eigenvalue weighted by molar-refractivity contribution is 6.20. The third-order valence-electron chi connectivity index (χ3n) is 0.921. The van der Waals surface area contributed by atoms with Gasteiger partial charge in [-0.05, 0) is 18.0 Å². The zero-order chi connectivity index (χ0) is 6.53. The minimum absolute atomic E-state index is 0.474. The number of nitrogens with zero attached hydrogens (tertiary/aromatic N) is 1. The quantitative estimate of drug-likeness (QED) is 0.492. The molecule has 0 bridgehead atoms. The van der Waals surface area contributed by atoms with Crippen LogP contribution in [0.1, 0.15) is 0 Å². The first-order valence-electron chi connectivity index (χ1n) is 2.64. The van der Waals surface area contributed by atoms with Crippen LogP contribution in [0.2, 0.25) is 0 Å². The van der Waals surface area contributed by atoms with Crippen molar-refractivity contribution in [2.24, 2.45) is 4.99 Å². The summed E-state index contributed by atoms with van der Waals surface area (Å²) in [4.78, 5) is 3.81. The van der Waals surface area contributed by atoms with Crippen LogP contribution in [0.25, 0.3) is 0 Å². The van der Waals surface area contributed by atoms with Crippen molar-refractivity contribution in [3.05, 3.63) is 30.0 Å². The topological polar surface area (TPSA) is 12.4 Å². The van der Waals surface area contributed by atoms with Gasteiger partial charge in [-0.25, -0.2) is 4.99 Å². The highest BCUT2D eigenvalue weighted by Crippen LogP contribution is 1.97. The summed E-state index contributed by atoms with van der Waals surface area (Å²) in [6.07, 6.45) is 7.30. The minimum atomic E-state index is 0.474. The lowest BCUT2D eigenvalue weighted by atomic mass is 10.3. The van der Waals surface area contributed by atoms with Crippen LogP contribution < -0.4 is 0 Å². The first-order chi connectivity index (χ1) is 4.43. The molecular formula is C7H6ClN. The summed E-state index contributed by atoms with van der Waals surface area (Å²) in [6, 6.07) is 0. The van der Waals surface area contributed by atoms with Crippen LogP contribution in [-0.4, -0.2) is 11.7 Å². The van der Waals surface area contributed by atoms with Crippen LogP contribution in [0, 0.1) is 0 Å². The van der Waals surface area contributed by atoms with Gasteiger partial charge in [0, 0.05) is 11.8 Å². The molecule has 1 rings (SSSR count). The van der Waals surface area contributed by atoms with E-state index >= 15 is 0 Å². The largest absolute Gasteiger partial charge is 0.214 e. The summed E-state index contributed by atoms with van der Waals surface area (Å²) in [5.41, 5.74) is 0.918. The maximum absolute atomic E-state index is 5.51. The van der Waals surface area contributed by atoms with Gasteiger partial charge in [-0.3, -0.25) is 0 Å². The number of halogens is 1. The molecule has 0 aromatic carbocycles. The lowest BCUT2D eigenvalue weighted by Gasteiger charge is -1.82. The van der Waals surface area contributed by atoms with E-state index in [2.05, 4.69) is 10.9 Å². The van der Waals surface area contributed by atoms with Gasteiger partial charge in [-0.1, -0.05) is 6.08 Å². The second kappa shape index (κ2) is 3.29. The van der Waals surface area contributed by atoms with Gasteiger partial charge in [0.2, 0.25) is 0 Å². The molecule has 0 aliphatic carbocycles. The smallest absolute Gasteiger partial charge is 0.0563 e. The molecule has 0 atom stereocenters. The Kier molecular flexibility index (Phi) is 2.32. The lowest BCUT2D eigenvalue weighted by Crippen LogP contribution is -1.76. The van der Waals surface area contributed by atoms with E-state index in [0.717, 1.165) is 5.57 Å². The van der Waals surface area contributed by atoms with Crippen molar-refractivity contribution in [2.75, 3.05) is 5.88 Å². The summed E-state index contributed by atoms with van der Waals surface area (Å²) in [6.45, 7) is 0. The van der Waals surface area contributed by atoms with Crippen molar-refractivity contribution in [1.29, 1.82) is 0 Å². The van der Waals surface area contributed by atoms with Gasteiger partial charge in [-0.15, -0.1) is 11.6 Å². The number of alkyl halides is 1. The SMILES string of the molecule is ClCC1=C=NC=CC=C1. The highest BCUT2D eigenvalue weighted by Gasteiger charge is 1.86. The summed E-state index contributed by atoms with van der Waals surface area (Å²) in [5.74, 6) is 3.24. The van der Waals surface area contributed by atoms with Gasteiger partial charge in [-0.2, -0.15) is 0 Å². The Hall–Kier alpha value is -0.780. The standard InChI is InChI=1S/C7H6ClN/c8-5-7-3-1-2-4-9-6-7/h1-4H,5H2. The molecular weight excluding hydrogens is 134 g/mol. The van der Waals surface area contributed by atoms with E-state index in [1.807, 2.05) is 18.2 Å². The molecule has 0 amide bonds. The molecule has 0 fully saturated rings. The van der Waals surface area contributed by atoms with Crippen molar-refractivity contribution in [3.63, 3.8) is 0 Å². The molecule has 0 N–H and O–H groups in total. The Bertz CT molecular complexity index is 207. The third-order valence-corrected chi connectivity index (χ3v) is 1.21. The fourth-order valence-electron chi connectivity index (χ4n) is 0.496. The molecule has 1 aliphatic heterocycles. The average Bonchev–Trinajstić information content (AvgIpc) is 2.13. The van der Waals surface area contributed by atoms with Gasteiger partial charge in [0.05, 0.1) is 5.88 Å². The van der Waals surface area contributed by atoms with Crippen molar-refractivity contribution < 1.29 is 0 Å². The van der Waals surface area contributed by atoms with E-state index in [1.54, 1.807) is 6.20 Å². The van der Waals surface area contributed by atoms with Crippen molar-refractivity contribution >= 4 is 17.5 Å². The Morgan fingerprint density at radius 3 is 3.22 bits per heavy atom. The maximum atomic E-state index is 5.51. The number of allylic oxidation sites excluding steroid dienone is 4. The predicted octanol–water partition coefficient (Wildman–Crippen LogP) is 1.90. The third kappa shape index (κ3) is 1.88. The molecule has 0 saturated heterocycles. The fourth-order valence-corrected chi connectivity index (χ4v) is 0.645. The summed E-state index contributed by atoms with van der Waals surface area (Å²) < 4.78 is 0. The Morgan fingerprint density at radius 1 is 1.56 bits per heavy atom. The highest BCUT2D eigenvalue weighted by atomic mass is 35.5. The number of hydrogen-bond acceptors (Lipinski definition) is 1. The molecule has 0 aromatic heterocycles. The van der Waals surface area contributed by atoms with E-state index in [4.69, 9.17) is 11.6 Å². The average molecular weight is 140 g/mol. The van der Waals surface area contributed by atoms with Crippen molar-refractivity contribution in [1.82, 2.24) is 0 Å². The van der Waals surface area contributed by atoms with Gasteiger partial charge in [0.25, 0.3) is 0 Å². The Labute approximate surface area is 59.1 Å². The number of rotatable bonds is 1. The van der Waals surface area contributed by atoms with Crippen molar-refractivity contribution in [2.45, 2.75) is 0 Å². The summed E-state index contributed by atoms with van der Waals surface area (Å²) >= 11 is 5.51. The minimum Gasteiger partial charge on any atom is -0.214 e. The summed E-state index contributed by atoms with van der Waals surface area (Å²) in [5, 5.41) is 0. The molecule has 1 nitrogen and oxygen atoms in total. The number of hydrogen-bond donors (Lipinski definition) is 0. The molecule has 0 spiro atoms. The zero-order valence-corrected chi connectivity index (χ0v) is 5.60. The monoisotopic (exact) mass is 139 g/mol. The van der Waals surface area contributed by atoms with E-state index < -0.39 is 0 Å². The van der Waals surface area contributed by atoms with Crippen molar-refractivity contribution in [3.8, 4) is 0 Å². The molecule has 0 aromatic rings. The van der Waals surface area contributed by atoms with Crippen LogP contribution in [0.3, 0.4) is 0 Å². The molecule has 9 heavy (non-hydrogen) atoms. The number of aliphatic imine (C=N–C) groups is 1. The molecule has 2 heteroatoms. The second-order valence-electron chi connectivity index (χ2n) is 1.60. The molecule has 1 heterocycles. The molecule has 1 aliphatic rings. The first kappa shape index (κ1) is 6.34. The molecule has 0 saturated carbocycles. The normalized spacial score (nSPS) is 15.4. The van der Waals surface area contributed by atoms with Crippen LogP contribution in [-0.2, 0) is 0 Å². The maximum Gasteiger partial charge on any atom is 0.0563 e. The second-order valence-corrected chi connectivity index (χ2v) is 1.87. The predicted molar refractivity (Wildman–Crippen MR) is 39.9 cm³/mol. The summed E-state index contributed by atoms with van der Waals surface area (Å²) in [7, 11) is 0. The van der Waals surface area contributed by atoms with Gasteiger partial charge < -0.3 is 0 Å². The van der Waals surface area contributed by atoms with E-state index in [9.17, 15) is 0 Å².